The molecule has 0 N–H and O–H groups in total. The van der Waals surface area contributed by atoms with Crippen molar-refractivity contribution in [3.63, 3.8) is 0 Å². The van der Waals surface area contributed by atoms with Gasteiger partial charge in [0.1, 0.15) is 5.01 Å². The number of fused-ring (bicyclic) bond motifs is 1. The first-order chi connectivity index (χ1) is 12.9. The van der Waals surface area contributed by atoms with Gasteiger partial charge in [0.15, 0.2) is 0 Å². The second-order valence-electron chi connectivity index (χ2n) is 7.96. The van der Waals surface area contributed by atoms with Crippen LogP contribution in [0.5, 0.6) is 0 Å². The molecule has 1 aliphatic rings. The zero-order chi connectivity index (χ0) is 18.0. The van der Waals surface area contributed by atoms with Crippen molar-refractivity contribution < 1.29 is 0 Å². The molecule has 0 fully saturated rings. The summed E-state index contributed by atoms with van der Waals surface area (Å²) in [6.07, 6.45) is 18.7. The molecule has 0 saturated heterocycles. The van der Waals surface area contributed by atoms with Gasteiger partial charge in [-0.25, -0.2) is 4.98 Å². The lowest BCUT2D eigenvalue weighted by atomic mass is 9.73. The van der Waals surface area contributed by atoms with E-state index in [9.17, 15) is 0 Å². The van der Waals surface area contributed by atoms with Crippen LogP contribution in [-0.2, 0) is 6.42 Å². The van der Waals surface area contributed by atoms with Crippen LogP contribution in [0.1, 0.15) is 99.6 Å². The van der Waals surface area contributed by atoms with Gasteiger partial charge in [-0.1, -0.05) is 89.0 Å². The van der Waals surface area contributed by atoms with Crippen molar-refractivity contribution in [2.45, 2.75) is 89.9 Å². The van der Waals surface area contributed by atoms with Crippen molar-refractivity contribution in [2.75, 3.05) is 0 Å². The summed E-state index contributed by atoms with van der Waals surface area (Å²) in [5.74, 6) is 1.31. The number of unbranched alkanes of at least 4 members (excludes halogenated alkanes) is 8. The van der Waals surface area contributed by atoms with E-state index in [4.69, 9.17) is 4.98 Å². The highest BCUT2D eigenvalue weighted by atomic mass is 32.1. The van der Waals surface area contributed by atoms with Gasteiger partial charge < -0.3 is 0 Å². The van der Waals surface area contributed by atoms with E-state index in [2.05, 4.69) is 36.6 Å². The van der Waals surface area contributed by atoms with E-state index in [1.165, 1.54) is 82.1 Å². The number of rotatable bonds is 11. The van der Waals surface area contributed by atoms with E-state index in [-0.39, 0.29) is 0 Å². The van der Waals surface area contributed by atoms with Gasteiger partial charge in [0.05, 0.1) is 0 Å². The van der Waals surface area contributed by atoms with Gasteiger partial charge >= 0.3 is 0 Å². The van der Waals surface area contributed by atoms with E-state index in [1.54, 1.807) is 11.1 Å². The van der Waals surface area contributed by atoms with Crippen LogP contribution in [0, 0.1) is 5.92 Å². The lowest BCUT2D eigenvalue weighted by Gasteiger charge is -2.32. The molecular formula is C24H35NS. The van der Waals surface area contributed by atoms with Crippen molar-refractivity contribution in [1.82, 2.24) is 4.98 Å². The molecule has 0 bridgehead atoms. The number of hydrogen-bond acceptors (Lipinski definition) is 2. The summed E-state index contributed by atoms with van der Waals surface area (Å²) in [7, 11) is 0. The van der Waals surface area contributed by atoms with Crippen LogP contribution in [0.15, 0.2) is 35.8 Å². The monoisotopic (exact) mass is 369 g/mol. The Hall–Kier alpha value is -1.15. The molecule has 1 nitrogen and oxygen atoms in total. The lowest BCUT2D eigenvalue weighted by Crippen LogP contribution is -2.21. The average molecular weight is 370 g/mol. The molecule has 26 heavy (non-hydrogen) atoms. The van der Waals surface area contributed by atoms with Crippen LogP contribution in [-0.4, -0.2) is 4.98 Å². The van der Waals surface area contributed by atoms with Crippen LogP contribution in [0.2, 0.25) is 0 Å². The zero-order valence-corrected chi connectivity index (χ0v) is 17.3. The first-order valence-electron chi connectivity index (χ1n) is 10.9. The Balaban J connectivity index is 1.47. The summed E-state index contributed by atoms with van der Waals surface area (Å²) in [5, 5.41) is 3.47. The van der Waals surface area contributed by atoms with Gasteiger partial charge in [-0.2, -0.15) is 0 Å². The maximum absolute atomic E-state index is 4.70. The molecule has 0 amide bonds. The van der Waals surface area contributed by atoms with Crippen LogP contribution in [0.3, 0.4) is 0 Å². The third-order valence-electron chi connectivity index (χ3n) is 6.04. The Morgan fingerprint density at radius 1 is 0.962 bits per heavy atom. The molecule has 1 aromatic carbocycles. The van der Waals surface area contributed by atoms with E-state index in [0.29, 0.717) is 5.92 Å². The maximum Gasteiger partial charge on any atom is 0.100 e. The molecule has 1 aliphatic carbocycles. The highest BCUT2D eigenvalue weighted by molar-refractivity contribution is 7.09. The minimum Gasteiger partial charge on any atom is -0.249 e. The van der Waals surface area contributed by atoms with Crippen LogP contribution >= 0.6 is 11.3 Å². The van der Waals surface area contributed by atoms with Gasteiger partial charge in [-0.05, 0) is 36.3 Å². The van der Waals surface area contributed by atoms with Gasteiger partial charge in [0, 0.05) is 17.5 Å². The van der Waals surface area contributed by atoms with Crippen molar-refractivity contribution in [2.24, 2.45) is 5.92 Å². The number of aryl methyl sites for hydroxylation is 1. The van der Waals surface area contributed by atoms with E-state index in [1.807, 2.05) is 17.5 Å². The molecule has 0 saturated carbocycles. The minimum atomic E-state index is 0.536. The Morgan fingerprint density at radius 3 is 2.42 bits per heavy atom. The molecule has 2 heteroatoms. The molecular weight excluding hydrogens is 334 g/mol. The molecule has 142 valence electrons. The summed E-state index contributed by atoms with van der Waals surface area (Å²) in [4.78, 5) is 4.70. The molecule has 2 aromatic rings. The van der Waals surface area contributed by atoms with Gasteiger partial charge in [0.2, 0.25) is 0 Å². The number of nitrogens with zero attached hydrogens (tertiary/aromatic N) is 1. The van der Waals surface area contributed by atoms with Crippen LogP contribution in [0.4, 0.5) is 0 Å². The summed E-state index contributed by atoms with van der Waals surface area (Å²) in [6.45, 7) is 2.29. The summed E-state index contributed by atoms with van der Waals surface area (Å²) >= 11 is 1.84. The second-order valence-corrected chi connectivity index (χ2v) is 8.89. The summed E-state index contributed by atoms with van der Waals surface area (Å²) in [5.41, 5.74) is 3.10. The quantitative estimate of drug-likeness (QED) is 0.369. The molecule has 1 aromatic heterocycles. The number of hydrogen-bond donors (Lipinski definition) is 0. The number of aromatic nitrogens is 1. The Labute approximate surface area is 164 Å². The standard InChI is InChI=1S/C24H35NS/c1-2-3-4-5-6-7-8-9-10-14-21-17-16-20-13-11-12-15-22(20)23(21)24-25-18-19-26-24/h11-13,15,18-19,21,23H,2-10,14,16-17H2,1H3. The lowest BCUT2D eigenvalue weighted by molar-refractivity contribution is 0.365. The molecule has 0 spiro atoms. The summed E-state index contributed by atoms with van der Waals surface area (Å²) < 4.78 is 0. The number of thiazole rings is 1. The second kappa shape index (κ2) is 10.9. The van der Waals surface area contributed by atoms with E-state index < -0.39 is 0 Å². The number of benzene rings is 1. The van der Waals surface area contributed by atoms with Crippen LogP contribution in [0.25, 0.3) is 0 Å². The van der Waals surface area contributed by atoms with Gasteiger partial charge in [-0.3, -0.25) is 0 Å². The van der Waals surface area contributed by atoms with E-state index >= 15 is 0 Å². The first-order valence-corrected chi connectivity index (χ1v) is 11.7. The van der Waals surface area contributed by atoms with Gasteiger partial charge in [0.25, 0.3) is 0 Å². The molecule has 2 unspecified atom stereocenters. The minimum absolute atomic E-state index is 0.536. The highest BCUT2D eigenvalue weighted by Crippen LogP contribution is 2.43. The molecule has 0 radical (unpaired) electrons. The van der Waals surface area contributed by atoms with Crippen molar-refractivity contribution in [3.05, 3.63) is 52.0 Å². The smallest absolute Gasteiger partial charge is 0.100 e. The molecule has 2 atom stereocenters. The Morgan fingerprint density at radius 2 is 1.69 bits per heavy atom. The predicted octanol–water partition coefficient (Wildman–Crippen LogP) is 7.76. The normalized spacial score (nSPS) is 19.4. The maximum atomic E-state index is 4.70. The zero-order valence-electron chi connectivity index (χ0n) is 16.5. The Bertz CT molecular complexity index is 619. The molecule has 3 rings (SSSR count). The molecule has 1 heterocycles. The van der Waals surface area contributed by atoms with Crippen molar-refractivity contribution >= 4 is 11.3 Å². The van der Waals surface area contributed by atoms with Crippen molar-refractivity contribution in [1.29, 1.82) is 0 Å². The van der Waals surface area contributed by atoms with Gasteiger partial charge in [-0.15, -0.1) is 11.3 Å². The average Bonchev–Trinajstić information content (AvgIpc) is 3.20. The largest absolute Gasteiger partial charge is 0.249 e. The fourth-order valence-electron chi connectivity index (χ4n) is 4.58. The topological polar surface area (TPSA) is 12.9 Å². The van der Waals surface area contributed by atoms with Crippen LogP contribution < -0.4 is 0 Å². The SMILES string of the molecule is CCCCCCCCCCCC1CCc2ccccc2C1c1nccs1. The van der Waals surface area contributed by atoms with E-state index in [0.717, 1.165) is 5.92 Å². The Kier molecular flexibility index (Phi) is 8.20. The van der Waals surface area contributed by atoms with Crippen molar-refractivity contribution in [3.8, 4) is 0 Å². The molecule has 0 aliphatic heterocycles. The highest BCUT2D eigenvalue weighted by Gasteiger charge is 2.31. The fourth-order valence-corrected chi connectivity index (χ4v) is 5.43. The summed E-state index contributed by atoms with van der Waals surface area (Å²) in [6, 6.07) is 9.08. The first kappa shape index (κ1) is 19.6. The fraction of sp³-hybridized carbons (Fsp3) is 0.625. The third-order valence-corrected chi connectivity index (χ3v) is 6.90. The third kappa shape index (κ3) is 5.42. The predicted molar refractivity (Wildman–Crippen MR) is 114 cm³/mol.